The van der Waals surface area contributed by atoms with Gasteiger partial charge in [0, 0.05) is 54.7 Å². The van der Waals surface area contributed by atoms with E-state index in [0.717, 1.165) is 33.4 Å². The fourth-order valence-corrected chi connectivity index (χ4v) is 3.91. The highest BCUT2D eigenvalue weighted by Crippen LogP contribution is 2.33. The third-order valence-electron chi connectivity index (χ3n) is 5.62. The first kappa shape index (κ1) is 19.1. The van der Waals surface area contributed by atoms with Crippen molar-refractivity contribution in [2.24, 2.45) is 7.05 Å². The summed E-state index contributed by atoms with van der Waals surface area (Å²) in [6.45, 7) is 2.11. The van der Waals surface area contributed by atoms with Crippen molar-refractivity contribution in [1.29, 1.82) is 0 Å². The molecule has 0 fully saturated rings. The first-order valence-corrected chi connectivity index (χ1v) is 10.2. The number of nitrogens with one attached hydrogen (secondary N) is 1. The van der Waals surface area contributed by atoms with Gasteiger partial charge in [-0.1, -0.05) is 18.2 Å². The Hall–Kier alpha value is -3.93. The highest BCUT2D eigenvalue weighted by atomic mass is 16.5. The molecule has 31 heavy (non-hydrogen) atoms. The Labute approximate surface area is 180 Å². The summed E-state index contributed by atoms with van der Waals surface area (Å²) in [4.78, 5) is 13.5. The lowest BCUT2D eigenvalue weighted by Gasteiger charge is -2.17. The van der Waals surface area contributed by atoms with E-state index in [0.29, 0.717) is 5.88 Å². The van der Waals surface area contributed by atoms with Crippen LogP contribution >= 0.6 is 0 Å². The van der Waals surface area contributed by atoms with Gasteiger partial charge in [0.1, 0.15) is 0 Å². The zero-order valence-corrected chi connectivity index (χ0v) is 17.7. The average Bonchev–Trinajstić information content (AvgIpc) is 3.18. The summed E-state index contributed by atoms with van der Waals surface area (Å²) in [7, 11) is 3.68. The van der Waals surface area contributed by atoms with Crippen molar-refractivity contribution in [3.63, 3.8) is 0 Å². The molecule has 6 nitrogen and oxygen atoms in total. The number of benzene rings is 2. The van der Waals surface area contributed by atoms with E-state index in [1.54, 1.807) is 19.5 Å². The Balaban J connectivity index is 1.57. The summed E-state index contributed by atoms with van der Waals surface area (Å²) in [6.07, 6.45) is 7.38. The highest BCUT2D eigenvalue weighted by Gasteiger charge is 2.13. The van der Waals surface area contributed by atoms with Gasteiger partial charge < -0.3 is 14.6 Å². The number of hydrogen-bond acceptors (Lipinski definition) is 5. The van der Waals surface area contributed by atoms with E-state index in [2.05, 4.69) is 75.3 Å². The van der Waals surface area contributed by atoms with E-state index in [9.17, 15) is 0 Å². The maximum atomic E-state index is 5.16. The summed E-state index contributed by atoms with van der Waals surface area (Å²) < 4.78 is 7.30. The average molecular weight is 409 g/mol. The molecule has 5 aromatic rings. The first-order chi connectivity index (χ1) is 15.1. The minimum absolute atomic E-state index is 0.0655. The molecule has 3 aromatic heterocycles. The normalized spacial score (nSPS) is 12.2. The van der Waals surface area contributed by atoms with E-state index in [1.807, 2.05) is 24.4 Å². The summed E-state index contributed by atoms with van der Waals surface area (Å²) in [5, 5.41) is 4.81. The van der Waals surface area contributed by atoms with Crippen molar-refractivity contribution in [2.45, 2.75) is 13.0 Å². The van der Waals surface area contributed by atoms with Crippen LogP contribution in [0.4, 0.5) is 5.69 Å². The molecule has 1 N–H and O–H groups in total. The number of methoxy groups -OCH3 is 1. The molecule has 6 heteroatoms. The number of anilines is 1. The highest BCUT2D eigenvalue weighted by molar-refractivity contribution is 5.97. The number of aryl methyl sites for hydroxylation is 1. The summed E-state index contributed by atoms with van der Waals surface area (Å²) in [5.74, 6) is 0.607. The van der Waals surface area contributed by atoms with Gasteiger partial charge in [0.2, 0.25) is 5.88 Å². The van der Waals surface area contributed by atoms with Crippen LogP contribution in [0.5, 0.6) is 5.88 Å². The molecule has 2 aromatic carbocycles. The second-order valence-electron chi connectivity index (χ2n) is 7.65. The van der Waals surface area contributed by atoms with Gasteiger partial charge in [-0.2, -0.15) is 0 Å². The molecule has 1 atom stereocenters. The minimum Gasteiger partial charge on any atom is -0.481 e. The van der Waals surface area contributed by atoms with E-state index < -0.39 is 0 Å². The summed E-state index contributed by atoms with van der Waals surface area (Å²) >= 11 is 0. The largest absolute Gasteiger partial charge is 0.481 e. The van der Waals surface area contributed by atoms with Crippen LogP contribution in [0, 0.1) is 0 Å². The molecule has 0 aliphatic heterocycles. The summed E-state index contributed by atoms with van der Waals surface area (Å²) in [6, 6.07) is 16.8. The smallest absolute Gasteiger partial charge is 0.212 e. The first-order valence-electron chi connectivity index (χ1n) is 10.2. The van der Waals surface area contributed by atoms with Gasteiger partial charge in [-0.05, 0) is 47.7 Å². The van der Waals surface area contributed by atoms with Crippen LogP contribution in [0.25, 0.3) is 33.1 Å². The number of ether oxygens (including phenoxy) is 1. The fraction of sp³-hybridized carbons (Fsp3) is 0.160. The van der Waals surface area contributed by atoms with E-state index in [4.69, 9.17) is 4.74 Å². The van der Waals surface area contributed by atoms with Crippen LogP contribution in [0.2, 0.25) is 0 Å². The van der Waals surface area contributed by atoms with Gasteiger partial charge in [0.15, 0.2) is 0 Å². The Bertz CT molecular complexity index is 1370. The zero-order valence-electron chi connectivity index (χ0n) is 17.7. The molecule has 1 unspecified atom stereocenters. The number of nitrogens with zero attached hydrogens (tertiary/aromatic N) is 4. The molecule has 5 rings (SSSR count). The predicted octanol–water partition coefficient (Wildman–Crippen LogP) is 5.37. The van der Waals surface area contributed by atoms with E-state index in [-0.39, 0.29) is 6.04 Å². The molecule has 0 bridgehead atoms. The van der Waals surface area contributed by atoms with E-state index in [1.165, 1.54) is 10.9 Å². The molecule has 3 heterocycles. The molecule has 0 radical (unpaired) electrons. The third-order valence-corrected chi connectivity index (χ3v) is 5.62. The van der Waals surface area contributed by atoms with Crippen LogP contribution < -0.4 is 10.1 Å². The van der Waals surface area contributed by atoms with Gasteiger partial charge in [-0.3, -0.25) is 9.97 Å². The van der Waals surface area contributed by atoms with Gasteiger partial charge in [-0.25, -0.2) is 4.98 Å². The van der Waals surface area contributed by atoms with Crippen LogP contribution in [-0.2, 0) is 7.05 Å². The number of rotatable bonds is 5. The Morgan fingerprint density at radius 2 is 1.84 bits per heavy atom. The number of aromatic nitrogens is 4. The maximum absolute atomic E-state index is 5.16. The van der Waals surface area contributed by atoms with Crippen molar-refractivity contribution in [3.8, 4) is 17.0 Å². The molecule has 0 aliphatic carbocycles. The molecule has 0 saturated heterocycles. The standard InChI is InChI=1S/C25H23N5O/c1-16(19-6-7-24(31-3)28-15-19)29-20-13-21(25-22(14-20)26-9-10-27-25)18-5-4-17-8-11-30(2)23(17)12-18/h4-16,29H,1-3H3. The van der Waals surface area contributed by atoms with Crippen LogP contribution in [0.15, 0.2) is 73.3 Å². The predicted molar refractivity (Wildman–Crippen MR) is 124 cm³/mol. The fourth-order valence-electron chi connectivity index (χ4n) is 3.91. The van der Waals surface area contributed by atoms with Crippen molar-refractivity contribution in [1.82, 2.24) is 19.5 Å². The van der Waals surface area contributed by atoms with Crippen LogP contribution in [0.3, 0.4) is 0 Å². The molecular weight excluding hydrogens is 386 g/mol. The molecular formula is C25H23N5O. The van der Waals surface area contributed by atoms with Gasteiger partial charge in [0.25, 0.3) is 0 Å². The maximum Gasteiger partial charge on any atom is 0.212 e. The Morgan fingerprint density at radius 3 is 2.65 bits per heavy atom. The summed E-state index contributed by atoms with van der Waals surface area (Å²) in [5.41, 5.74) is 7.16. The number of fused-ring (bicyclic) bond motifs is 2. The SMILES string of the molecule is COc1ccc(C(C)Nc2cc(-c3ccc4ccn(C)c4c3)c3nccnc3c2)cn1. The second kappa shape index (κ2) is 7.72. The Morgan fingerprint density at radius 1 is 0.968 bits per heavy atom. The quantitative estimate of drug-likeness (QED) is 0.423. The number of hydrogen-bond donors (Lipinski definition) is 1. The van der Waals surface area contributed by atoms with E-state index >= 15 is 0 Å². The van der Waals surface area contributed by atoms with Gasteiger partial charge in [-0.15, -0.1) is 0 Å². The molecule has 0 amide bonds. The van der Waals surface area contributed by atoms with Gasteiger partial charge in [0.05, 0.1) is 24.2 Å². The molecule has 0 spiro atoms. The number of pyridine rings is 1. The minimum atomic E-state index is 0.0655. The topological polar surface area (TPSA) is 64.9 Å². The van der Waals surface area contributed by atoms with Crippen molar-refractivity contribution in [3.05, 3.63) is 78.9 Å². The monoisotopic (exact) mass is 409 g/mol. The lowest BCUT2D eigenvalue weighted by Crippen LogP contribution is -2.07. The lowest BCUT2D eigenvalue weighted by atomic mass is 10.0. The Kier molecular flexibility index (Phi) is 4.75. The van der Waals surface area contributed by atoms with Crippen molar-refractivity contribution >= 4 is 27.6 Å². The van der Waals surface area contributed by atoms with Crippen LogP contribution in [-0.4, -0.2) is 26.6 Å². The molecule has 154 valence electrons. The molecule has 0 aliphatic rings. The zero-order chi connectivity index (χ0) is 21.4. The lowest BCUT2D eigenvalue weighted by molar-refractivity contribution is 0.397. The van der Waals surface area contributed by atoms with Crippen molar-refractivity contribution in [2.75, 3.05) is 12.4 Å². The van der Waals surface area contributed by atoms with Gasteiger partial charge >= 0.3 is 0 Å². The van der Waals surface area contributed by atoms with Crippen molar-refractivity contribution < 1.29 is 4.74 Å². The third kappa shape index (κ3) is 3.57. The second-order valence-corrected chi connectivity index (χ2v) is 7.65. The molecule has 0 saturated carbocycles. The van der Waals surface area contributed by atoms with Crippen LogP contribution in [0.1, 0.15) is 18.5 Å².